The van der Waals surface area contributed by atoms with Gasteiger partial charge in [-0.1, -0.05) is 13.8 Å². The van der Waals surface area contributed by atoms with Gasteiger partial charge in [0, 0.05) is 18.7 Å². The fourth-order valence-corrected chi connectivity index (χ4v) is 2.11. The van der Waals surface area contributed by atoms with Crippen LogP contribution in [-0.4, -0.2) is 31.0 Å². The molecule has 0 aromatic heterocycles. The van der Waals surface area contributed by atoms with Crippen LogP contribution < -0.4 is 4.74 Å². The molecule has 1 aliphatic heterocycles. The van der Waals surface area contributed by atoms with Gasteiger partial charge in [0.1, 0.15) is 5.75 Å². The summed E-state index contributed by atoms with van der Waals surface area (Å²) in [5, 5.41) is 0. The molecular formula is C15H23NO2. The zero-order chi connectivity index (χ0) is 13.5. The molecule has 0 radical (unpaired) electrons. The zero-order valence-corrected chi connectivity index (χ0v) is 11.8. The van der Waals surface area contributed by atoms with E-state index < -0.39 is 0 Å². The molecule has 1 heterocycles. The molecule has 2 rings (SSSR count). The Balaban J connectivity index is 0.000000771. The van der Waals surface area contributed by atoms with Gasteiger partial charge in [-0.15, -0.1) is 0 Å². The van der Waals surface area contributed by atoms with E-state index in [9.17, 15) is 4.79 Å². The van der Waals surface area contributed by atoms with Crippen LogP contribution >= 0.6 is 0 Å². The lowest BCUT2D eigenvalue weighted by molar-refractivity contribution is 0.0792. The van der Waals surface area contributed by atoms with Gasteiger partial charge in [0.15, 0.2) is 0 Å². The summed E-state index contributed by atoms with van der Waals surface area (Å²) in [6, 6.07) is 5.60. The van der Waals surface area contributed by atoms with Crippen molar-refractivity contribution in [2.45, 2.75) is 33.6 Å². The van der Waals surface area contributed by atoms with Crippen molar-refractivity contribution in [1.82, 2.24) is 4.90 Å². The second kappa shape index (κ2) is 7.04. The number of hydrogen-bond acceptors (Lipinski definition) is 2. The van der Waals surface area contributed by atoms with Crippen LogP contribution in [0.15, 0.2) is 18.2 Å². The first-order valence-corrected chi connectivity index (χ1v) is 6.66. The molecule has 1 fully saturated rings. The molecule has 1 aromatic carbocycles. The van der Waals surface area contributed by atoms with E-state index in [1.54, 1.807) is 7.11 Å². The Hall–Kier alpha value is -1.51. The molecular weight excluding hydrogens is 226 g/mol. The maximum absolute atomic E-state index is 12.1. The second-order valence-electron chi connectivity index (χ2n) is 4.18. The quantitative estimate of drug-likeness (QED) is 0.805. The summed E-state index contributed by atoms with van der Waals surface area (Å²) in [6.07, 6.45) is 2.25. The van der Waals surface area contributed by atoms with E-state index in [1.807, 2.05) is 43.9 Å². The fraction of sp³-hybridized carbons (Fsp3) is 0.533. The van der Waals surface area contributed by atoms with Crippen molar-refractivity contribution < 1.29 is 9.53 Å². The average Bonchev–Trinajstić information content (AvgIpc) is 2.94. The molecule has 1 aromatic rings. The maximum atomic E-state index is 12.1. The summed E-state index contributed by atoms with van der Waals surface area (Å²) in [5.41, 5.74) is 1.77. The van der Waals surface area contributed by atoms with Gasteiger partial charge in [-0.05, 0) is 43.5 Å². The summed E-state index contributed by atoms with van der Waals surface area (Å²) in [6.45, 7) is 7.74. The van der Waals surface area contributed by atoms with Crippen LogP contribution in [0.1, 0.15) is 42.6 Å². The third-order valence-electron chi connectivity index (χ3n) is 3.04. The molecule has 0 unspecified atom stereocenters. The Labute approximate surface area is 110 Å². The number of carbonyl (C=O) groups excluding carboxylic acids is 1. The van der Waals surface area contributed by atoms with Crippen molar-refractivity contribution >= 4 is 5.91 Å². The molecule has 1 aliphatic rings. The lowest BCUT2D eigenvalue weighted by Gasteiger charge is -2.16. The van der Waals surface area contributed by atoms with Gasteiger partial charge in [-0.3, -0.25) is 4.79 Å². The Morgan fingerprint density at radius 3 is 2.33 bits per heavy atom. The minimum absolute atomic E-state index is 0.142. The van der Waals surface area contributed by atoms with E-state index in [0.29, 0.717) is 0 Å². The number of amides is 1. The van der Waals surface area contributed by atoms with E-state index >= 15 is 0 Å². The van der Waals surface area contributed by atoms with Gasteiger partial charge in [-0.2, -0.15) is 0 Å². The number of ether oxygens (including phenoxy) is 1. The van der Waals surface area contributed by atoms with Gasteiger partial charge < -0.3 is 9.64 Å². The van der Waals surface area contributed by atoms with Crippen LogP contribution in [0.5, 0.6) is 5.75 Å². The predicted molar refractivity (Wildman–Crippen MR) is 74.2 cm³/mol. The minimum Gasteiger partial charge on any atom is -0.496 e. The van der Waals surface area contributed by atoms with E-state index in [4.69, 9.17) is 4.74 Å². The van der Waals surface area contributed by atoms with Crippen LogP contribution in [0.4, 0.5) is 0 Å². The highest BCUT2D eigenvalue weighted by Crippen LogP contribution is 2.20. The molecule has 100 valence electrons. The predicted octanol–water partition coefficient (Wildman–Crippen LogP) is 3.27. The first kappa shape index (κ1) is 14.6. The average molecular weight is 249 g/mol. The highest BCUT2D eigenvalue weighted by atomic mass is 16.5. The standard InChI is InChI=1S/C13H17NO2.C2H6/c1-10-9-11(5-6-12(10)16-2)13(15)14-7-3-4-8-14;1-2/h5-6,9H,3-4,7-8H2,1-2H3;1-2H3. The molecule has 1 saturated heterocycles. The summed E-state index contributed by atoms with van der Waals surface area (Å²) >= 11 is 0. The molecule has 18 heavy (non-hydrogen) atoms. The molecule has 0 spiro atoms. The molecule has 3 nitrogen and oxygen atoms in total. The fourth-order valence-electron chi connectivity index (χ4n) is 2.11. The van der Waals surface area contributed by atoms with Gasteiger partial charge in [-0.25, -0.2) is 0 Å². The monoisotopic (exact) mass is 249 g/mol. The van der Waals surface area contributed by atoms with Gasteiger partial charge >= 0.3 is 0 Å². The number of nitrogens with zero attached hydrogens (tertiary/aromatic N) is 1. The number of aryl methyl sites for hydroxylation is 1. The Bertz CT molecular complexity index is 395. The summed E-state index contributed by atoms with van der Waals surface area (Å²) < 4.78 is 5.18. The van der Waals surface area contributed by atoms with E-state index in [0.717, 1.165) is 42.8 Å². The Morgan fingerprint density at radius 1 is 1.22 bits per heavy atom. The summed E-state index contributed by atoms with van der Waals surface area (Å²) in [7, 11) is 1.64. The molecule has 0 saturated carbocycles. The third-order valence-corrected chi connectivity index (χ3v) is 3.04. The van der Waals surface area contributed by atoms with Crippen molar-refractivity contribution in [2.75, 3.05) is 20.2 Å². The van der Waals surface area contributed by atoms with E-state index in [-0.39, 0.29) is 5.91 Å². The molecule has 0 atom stereocenters. The topological polar surface area (TPSA) is 29.5 Å². The van der Waals surface area contributed by atoms with Crippen LogP contribution in [0.25, 0.3) is 0 Å². The first-order chi connectivity index (χ1) is 8.72. The number of methoxy groups -OCH3 is 1. The summed E-state index contributed by atoms with van der Waals surface area (Å²) in [4.78, 5) is 14.0. The van der Waals surface area contributed by atoms with E-state index in [2.05, 4.69) is 0 Å². The highest BCUT2D eigenvalue weighted by Gasteiger charge is 2.19. The van der Waals surface area contributed by atoms with Gasteiger partial charge in [0.2, 0.25) is 0 Å². The third kappa shape index (κ3) is 3.25. The number of hydrogen-bond donors (Lipinski definition) is 0. The second-order valence-corrected chi connectivity index (χ2v) is 4.18. The number of carbonyl (C=O) groups is 1. The smallest absolute Gasteiger partial charge is 0.253 e. The van der Waals surface area contributed by atoms with Crippen LogP contribution in [0.3, 0.4) is 0 Å². The SMILES string of the molecule is CC.COc1ccc(C(=O)N2CCCC2)cc1C. The maximum Gasteiger partial charge on any atom is 0.253 e. The number of rotatable bonds is 2. The van der Waals surface area contributed by atoms with Crippen molar-refractivity contribution in [3.8, 4) is 5.75 Å². The Morgan fingerprint density at radius 2 is 1.83 bits per heavy atom. The Kier molecular flexibility index (Phi) is 5.69. The first-order valence-electron chi connectivity index (χ1n) is 6.66. The van der Waals surface area contributed by atoms with Crippen molar-refractivity contribution in [3.05, 3.63) is 29.3 Å². The van der Waals surface area contributed by atoms with Gasteiger partial charge in [0.05, 0.1) is 7.11 Å². The molecule has 0 aliphatic carbocycles. The zero-order valence-electron chi connectivity index (χ0n) is 11.8. The van der Waals surface area contributed by atoms with Crippen LogP contribution in [0.2, 0.25) is 0 Å². The van der Waals surface area contributed by atoms with Crippen LogP contribution in [-0.2, 0) is 0 Å². The largest absolute Gasteiger partial charge is 0.496 e. The molecule has 1 amide bonds. The number of benzene rings is 1. The minimum atomic E-state index is 0.142. The highest BCUT2D eigenvalue weighted by molar-refractivity contribution is 5.94. The lowest BCUT2D eigenvalue weighted by atomic mass is 10.1. The lowest BCUT2D eigenvalue weighted by Crippen LogP contribution is -2.27. The molecule has 0 N–H and O–H groups in total. The van der Waals surface area contributed by atoms with Crippen molar-refractivity contribution in [3.63, 3.8) is 0 Å². The molecule has 0 bridgehead atoms. The van der Waals surface area contributed by atoms with Crippen LogP contribution in [0, 0.1) is 6.92 Å². The van der Waals surface area contributed by atoms with Crippen molar-refractivity contribution in [2.24, 2.45) is 0 Å². The van der Waals surface area contributed by atoms with Gasteiger partial charge in [0.25, 0.3) is 5.91 Å². The molecule has 3 heteroatoms. The normalized spacial score (nSPS) is 13.9. The number of likely N-dealkylation sites (tertiary alicyclic amines) is 1. The van der Waals surface area contributed by atoms with Crippen molar-refractivity contribution in [1.29, 1.82) is 0 Å². The summed E-state index contributed by atoms with van der Waals surface area (Å²) in [5.74, 6) is 0.973. The van der Waals surface area contributed by atoms with E-state index in [1.165, 1.54) is 0 Å².